The Hall–Kier alpha value is -3.03. The summed E-state index contributed by atoms with van der Waals surface area (Å²) in [4.78, 5) is 23.6. The zero-order chi connectivity index (χ0) is 18.8. The third-order valence-corrected chi connectivity index (χ3v) is 4.89. The van der Waals surface area contributed by atoms with Crippen LogP contribution < -0.4 is 10.5 Å². The first-order chi connectivity index (χ1) is 13.1. The predicted octanol–water partition coefficient (Wildman–Crippen LogP) is 1.75. The van der Waals surface area contributed by atoms with Crippen LogP contribution in [0.5, 0.6) is 0 Å². The molecule has 8 heteroatoms. The molecule has 4 heterocycles. The fraction of sp³-hybridized carbons (Fsp3) is 0.421. The topological polar surface area (TPSA) is 81.7 Å². The zero-order valence-corrected chi connectivity index (χ0v) is 15.6. The van der Waals surface area contributed by atoms with Crippen molar-refractivity contribution in [1.29, 1.82) is 0 Å². The van der Waals surface area contributed by atoms with E-state index in [9.17, 15) is 4.79 Å². The van der Waals surface area contributed by atoms with E-state index in [0.29, 0.717) is 18.3 Å². The molecule has 0 saturated carbocycles. The van der Waals surface area contributed by atoms with E-state index in [-0.39, 0.29) is 5.56 Å². The summed E-state index contributed by atoms with van der Waals surface area (Å²) in [6.45, 7) is 6.39. The van der Waals surface area contributed by atoms with Crippen LogP contribution in [0.15, 0.2) is 41.5 Å². The SMILES string of the molecule is Cc1cc(C)nc(N2CCC(Cn3nc(-n4cccn4)ccc3=O)CC2)n1. The minimum atomic E-state index is -0.0778. The number of piperidine rings is 1. The van der Waals surface area contributed by atoms with Crippen molar-refractivity contribution in [2.75, 3.05) is 18.0 Å². The summed E-state index contributed by atoms with van der Waals surface area (Å²) in [7, 11) is 0. The molecule has 1 saturated heterocycles. The third kappa shape index (κ3) is 3.89. The van der Waals surface area contributed by atoms with Crippen molar-refractivity contribution in [3.8, 4) is 5.82 Å². The van der Waals surface area contributed by atoms with Crippen LogP contribution in [-0.4, -0.2) is 42.6 Å². The van der Waals surface area contributed by atoms with E-state index in [4.69, 9.17) is 0 Å². The van der Waals surface area contributed by atoms with Crippen molar-refractivity contribution in [2.24, 2.45) is 5.92 Å². The molecule has 0 aliphatic carbocycles. The molecule has 1 aliphatic heterocycles. The molecule has 0 N–H and O–H groups in total. The molecule has 3 aromatic rings. The average Bonchev–Trinajstić information content (AvgIpc) is 3.18. The van der Waals surface area contributed by atoms with E-state index in [1.165, 1.54) is 0 Å². The van der Waals surface area contributed by atoms with Crippen LogP contribution in [-0.2, 0) is 6.54 Å². The van der Waals surface area contributed by atoms with Gasteiger partial charge >= 0.3 is 0 Å². The number of aromatic nitrogens is 6. The number of hydrogen-bond donors (Lipinski definition) is 0. The fourth-order valence-electron chi connectivity index (χ4n) is 3.50. The normalized spacial score (nSPS) is 15.3. The number of rotatable bonds is 4. The lowest BCUT2D eigenvalue weighted by Gasteiger charge is -2.32. The minimum absolute atomic E-state index is 0.0778. The van der Waals surface area contributed by atoms with Crippen LogP contribution in [0.25, 0.3) is 5.82 Å². The monoisotopic (exact) mass is 365 g/mol. The molecule has 0 atom stereocenters. The summed E-state index contributed by atoms with van der Waals surface area (Å²) in [6.07, 6.45) is 5.48. The van der Waals surface area contributed by atoms with Crippen molar-refractivity contribution in [3.63, 3.8) is 0 Å². The molecule has 0 spiro atoms. The zero-order valence-electron chi connectivity index (χ0n) is 15.6. The second-order valence-corrected chi connectivity index (χ2v) is 7.04. The quantitative estimate of drug-likeness (QED) is 0.701. The van der Waals surface area contributed by atoms with E-state index in [1.807, 2.05) is 32.2 Å². The van der Waals surface area contributed by atoms with Gasteiger partial charge in [-0.1, -0.05) is 0 Å². The van der Waals surface area contributed by atoms with E-state index in [2.05, 4.69) is 25.1 Å². The van der Waals surface area contributed by atoms with E-state index in [0.717, 1.165) is 43.3 Å². The van der Waals surface area contributed by atoms with Crippen molar-refractivity contribution in [2.45, 2.75) is 33.2 Å². The molecule has 27 heavy (non-hydrogen) atoms. The molecule has 8 nitrogen and oxygen atoms in total. The molecule has 0 bridgehead atoms. The maximum Gasteiger partial charge on any atom is 0.266 e. The number of nitrogens with zero attached hydrogens (tertiary/aromatic N) is 7. The average molecular weight is 365 g/mol. The van der Waals surface area contributed by atoms with Gasteiger partial charge in [0.25, 0.3) is 5.56 Å². The highest BCUT2D eigenvalue weighted by Crippen LogP contribution is 2.22. The van der Waals surface area contributed by atoms with Crippen LogP contribution in [0.3, 0.4) is 0 Å². The summed E-state index contributed by atoms with van der Waals surface area (Å²) in [5.41, 5.74) is 1.91. The van der Waals surface area contributed by atoms with Gasteiger partial charge in [-0.15, -0.1) is 5.10 Å². The highest BCUT2D eigenvalue weighted by molar-refractivity contribution is 5.32. The molecule has 3 aromatic heterocycles. The number of aryl methyl sites for hydroxylation is 2. The highest BCUT2D eigenvalue weighted by Gasteiger charge is 2.22. The van der Waals surface area contributed by atoms with Gasteiger partial charge in [-0.3, -0.25) is 4.79 Å². The molecule has 1 fully saturated rings. The van der Waals surface area contributed by atoms with Crippen LogP contribution in [0.4, 0.5) is 5.95 Å². The summed E-state index contributed by atoms with van der Waals surface area (Å²) in [5.74, 6) is 1.87. The number of anilines is 1. The molecule has 0 radical (unpaired) electrons. The van der Waals surface area contributed by atoms with Gasteiger partial charge in [0, 0.05) is 49.5 Å². The van der Waals surface area contributed by atoms with Crippen LogP contribution in [0.2, 0.25) is 0 Å². The first-order valence-corrected chi connectivity index (χ1v) is 9.24. The number of hydrogen-bond acceptors (Lipinski definition) is 6. The van der Waals surface area contributed by atoms with Gasteiger partial charge in [0.1, 0.15) is 0 Å². The molecule has 0 aromatic carbocycles. The van der Waals surface area contributed by atoms with Crippen LogP contribution >= 0.6 is 0 Å². The molecular weight excluding hydrogens is 342 g/mol. The molecular formula is C19H23N7O. The Kier molecular flexibility index (Phi) is 4.70. The van der Waals surface area contributed by atoms with Gasteiger partial charge in [0.2, 0.25) is 5.95 Å². The lowest BCUT2D eigenvalue weighted by Crippen LogP contribution is -2.38. The van der Waals surface area contributed by atoms with Gasteiger partial charge in [-0.25, -0.2) is 19.3 Å². The summed E-state index contributed by atoms with van der Waals surface area (Å²) < 4.78 is 3.22. The standard InChI is InChI=1S/C19H23N7O/c1-14-12-15(2)22-19(21-14)24-10-6-16(7-11-24)13-26-18(27)5-4-17(23-26)25-9-3-8-20-25/h3-5,8-9,12,16H,6-7,10-11,13H2,1-2H3. The Morgan fingerprint density at radius 3 is 2.52 bits per heavy atom. The van der Waals surface area contributed by atoms with Gasteiger partial charge in [0.05, 0.1) is 0 Å². The first-order valence-electron chi connectivity index (χ1n) is 9.24. The maximum absolute atomic E-state index is 12.2. The molecule has 140 valence electrons. The Bertz CT molecular complexity index is 952. The van der Waals surface area contributed by atoms with Gasteiger partial charge in [-0.2, -0.15) is 5.10 Å². The summed E-state index contributed by atoms with van der Waals surface area (Å²) >= 11 is 0. The van der Waals surface area contributed by atoms with Crippen molar-refractivity contribution in [3.05, 3.63) is 58.4 Å². The van der Waals surface area contributed by atoms with Gasteiger partial charge in [-0.05, 0) is 50.8 Å². The molecule has 0 unspecified atom stereocenters. The molecule has 0 amide bonds. The summed E-state index contributed by atoms with van der Waals surface area (Å²) in [6, 6.07) is 7.08. The molecule has 1 aliphatic rings. The second kappa shape index (κ2) is 7.30. The largest absolute Gasteiger partial charge is 0.341 e. The Morgan fingerprint density at radius 2 is 1.85 bits per heavy atom. The Balaban J connectivity index is 1.43. The fourth-order valence-corrected chi connectivity index (χ4v) is 3.50. The Labute approximate surface area is 157 Å². The van der Waals surface area contributed by atoms with Crippen LogP contribution in [0, 0.1) is 19.8 Å². The third-order valence-electron chi connectivity index (χ3n) is 4.89. The minimum Gasteiger partial charge on any atom is -0.341 e. The van der Waals surface area contributed by atoms with Crippen molar-refractivity contribution < 1.29 is 0 Å². The van der Waals surface area contributed by atoms with E-state index >= 15 is 0 Å². The maximum atomic E-state index is 12.2. The van der Waals surface area contributed by atoms with Gasteiger partial charge < -0.3 is 4.90 Å². The first kappa shape index (κ1) is 17.4. The molecule has 4 rings (SSSR count). The van der Waals surface area contributed by atoms with E-state index < -0.39 is 0 Å². The van der Waals surface area contributed by atoms with Crippen molar-refractivity contribution in [1.82, 2.24) is 29.5 Å². The predicted molar refractivity (Wildman–Crippen MR) is 102 cm³/mol. The lowest BCUT2D eigenvalue weighted by atomic mass is 9.97. The smallest absolute Gasteiger partial charge is 0.266 e. The van der Waals surface area contributed by atoms with Crippen molar-refractivity contribution >= 4 is 5.95 Å². The second-order valence-electron chi connectivity index (χ2n) is 7.04. The van der Waals surface area contributed by atoms with E-state index in [1.54, 1.807) is 27.7 Å². The lowest BCUT2D eigenvalue weighted by molar-refractivity contribution is 0.332. The Morgan fingerprint density at radius 1 is 1.11 bits per heavy atom. The highest BCUT2D eigenvalue weighted by atomic mass is 16.1. The van der Waals surface area contributed by atoms with Gasteiger partial charge in [0.15, 0.2) is 5.82 Å². The summed E-state index contributed by atoms with van der Waals surface area (Å²) in [5, 5.41) is 8.66. The van der Waals surface area contributed by atoms with Crippen LogP contribution in [0.1, 0.15) is 24.2 Å².